The lowest BCUT2D eigenvalue weighted by atomic mass is 9.86. The highest BCUT2D eigenvalue weighted by Crippen LogP contribution is 2.34. The molecule has 0 aliphatic rings. The van der Waals surface area contributed by atoms with E-state index in [0.717, 1.165) is 20.6 Å². The average Bonchev–Trinajstić information content (AvgIpc) is 2.32. The van der Waals surface area contributed by atoms with Crippen LogP contribution < -0.4 is 0 Å². The van der Waals surface area contributed by atoms with E-state index < -0.39 is 0 Å². The summed E-state index contributed by atoms with van der Waals surface area (Å²) in [6, 6.07) is 14.6. The molecule has 0 unspecified atom stereocenters. The van der Waals surface area contributed by atoms with Crippen LogP contribution in [0, 0.1) is 0 Å². The van der Waals surface area contributed by atoms with Gasteiger partial charge in [-0.1, -0.05) is 68.8 Å². The van der Waals surface area contributed by atoms with E-state index >= 15 is 0 Å². The molecule has 0 aliphatic heterocycles. The van der Waals surface area contributed by atoms with Crippen molar-refractivity contribution in [3.05, 3.63) is 57.5 Å². The molecule has 18 heavy (non-hydrogen) atoms. The number of hydrogen-bond donors (Lipinski definition) is 0. The molecule has 2 aromatic carbocycles. The Morgan fingerprint density at radius 2 is 1.56 bits per heavy atom. The molecule has 2 heteroatoms. The maximum atomic E-state index is 6.31. The van der Waals surface area contributed by atoms with Gasteiger partial charge in [-0.15, -0.1) is 0 Å². The molecule has 0 aromatic heterocycles. The normalized spacial score (nSPS) is 11.6. The summed E-state index contributed by atoms with van der Waals surface area (Å²) in [4.78, 5) is 0. The third-order valence-corrected chi connectivity index (χ3v) is 4.31. The van der Waals surface area contributed by atoms with Crippen LogP contribution in [0.2, 0.25) is 5.02 Å². The summed E-state index contributed by atoms with van der Waals surface area (Å²) in [6.07, 6.45) is 0. The van der Waals surface area contributed by atoms with E-state index in [4.69, 9.17) is 11.6 Å². The molecule has 0 saturated carbocycles. The molecule has 0 fully saturated rings. The predicted octanol–water partition coefficient (Wildman–Crippen LogP) is 6.07. The zero-order valence-electron chi connectivity index (χ0n) is 10.8. The molecule has 0 atom stereocenters. The van der Waals surface area contributed by atoms with Crippen molar-refractivity contribution in [3.8, 4) is 11.1 Å². The molecule has 0 radical (unpaired) electrons. The average molecular weight is 324 g/mol. The monoisotopic (exact) mass is 322 g/mol. The van der Waals surface area contributed by atoms with E-state index in [9.17, 15) is 0 Å². The maximum Gasteiger partial charge on any atom is 0.0626 e. The second-order valence-corrected chi connectivity index (χ2v) is 6.66. The van der Waals surface area contributed by atoms with Gasteiger partial charge in [0.2, 0.25) is 0 Å². The molecule has 0 heterocycles. The summed E-state index contributed by atoms with van der Waals surface area (Å²) < 4.78 is 0.932. The van der Waals surface area contributed by atoms with Crippen molar-refractivity contribution in [1.29, 1.82) is 0 Å². The van der Waals surface area contributed by atoms with E-state index in [2.05, 4.69) is 61.0 Å². The summed E-state index contributed by atoms with van der Waals surface area (Å²) in [5.74, 6) is 0. The maximum absolute atomic E-state index is 6.31. The van der Waals surface area contributed by atoms with Crippen molar-refractivity contribution in [2.45, 2.75) is 26.2 Å². The highest BCUT2D eigenvalue weighted by molar-refractivity contribution is 9.10. The molecule has 2 aromatic rings. The van der Waals surface area contributed by atoms with Crippen molar-refractivity contribution in [2.75, 3.05) is 0 Å². The first-order valence-electron chi connectivity index (χ1n) is 5.94. The van der Waals surface area contributed by atoms with Crippen LogP contribution in [0.5, 0.6) is 0 Å². The van der Waals surface area contributed by atoms with Crippen molar-refractivity contribution in [1.82, 2.24) is 0 Å². The first-order chi connectivity index (χ1) is 8.39. The van der Waals surface area contributed by atoms with E-state index in [0.29, 0.717) is 0 Å². The summed E-state index contributed by atoms with van der Waals surface area (Å²) in [7, 11) is 0. The molecule has 2 rings (SSSR count). The third kappa shape index (κ3) is 2.78. The number of halogens is 2. The van der Waals surface area contributed by atoms with E-state index in [1.165, 1.54) is 5.56 Å². The van der Waals surface area contributed by atoms with Crippen molar-refractivity contribution >= 4 is 27.5 Å². The van der Waals surface area contributed by atoms with Crippen LogP contribution in [0.15, 0.2) is 46.9 Å². The van der Waals surface area contributed by atoms with Crippen LogP contribution >= 0.6 is 27.5 Å². The minimum atomic E-state index is 0.180. The Morgan fingerprint density at radius 3 is 2.11 bits per heavy atom. The molecule has 0 saturated heterocycles. The van der Waals surface area contributed by atoms with E-state index in [-0.39, 0.29) is 5.41 Å². The van der Waals surface area contributed by atoms with Crippen molar-refractivity contribution < 1.29 is 0 Å². The van der Waals surface area contributed by atoms with Gasteiger partial charge in [0.1, 0.15) is 0 Å². The van der Waals surface area contributed by atoms with Gasteiger partial charge in [0, 0.05) is 10.0 Å². The topological polar surface area (TPSA) is 0 Å². The fourth-order valence-corrected chi connectivity index (χ4v) is 2.48. The molecule has 0 spiro atoms. The van der Waals surface area contributed by atoms with Crippen LogP contribution in [0.3, 0.4) is 0 Å². The van der Waals surface area contributed by atoms with Gasteiger partial charge in [-0.05, 0) is 38.5 Å². The molecule has 0 amide bonds. The van der Waals surface area contributed by atoms with Gasteiger partial charge in [0.25, 0.3) is 0 Å². The quantitative estimate of drug-likeness (QED) is 0.597. The standard InChI is InChI=1S/C16H16BrCl/c1-16(2,3)12-9-7-11(8-10-12)13-5-4-6-14(17)15(13)18/h4-10H,1-3H3. The largest absolute Gasteiger partial charge is 0.0824 e. The lowest BCUT2D eigenvalue weighted by Gasteiger charge is -2.19. The van der Waals surface area contributed by atoms with Gasteiger partial charge in [-0.2, -0.15) is 0 Å². The molecule has 0 N–H and O–H groups in total. The second kappa shape index (κ2) is 5.07. The molecule has 0 nitrogen and oxygen atoms in total. The van der Waals surface area contributed by atoms with E-state index in [1.807, 2.05) is 18.2 Å². The van der Waals surface area contributed by atoms with Gasteiger partial charge in [0.15, 0.2) is 0 Å². The van der Waals surface area contributed by atoms with Gasteiger partial charge in [-0.3, -0.25) is 0 Å². The number of hydrogen-bond acceptors (Lipinski definition) is 0. The Kier molecular flexibility index (Phi) is 3.84. The van der Waals surface area contributed by atoms with Gasteiger partial charge < -0.3 is 0 Å². The van der Waals surface area contributed by atoms with Crippen LogP contribution in [-0.2, 0) is 5.41 Å². The molecule has 94 valence electrons. The van der Waals surface area contributed by atoms with Crippen LogP contribution in [0.1, 0.15) is 26.3 Å². The minimum Gasteiger partial charge on any atom is -0.0824 e. The summed E-state index contributed by atoms with van der Waals surface area (Å²) in [5.41, 5.74) is 3.72. The smallest absolute Gasteiger partial charge is 0.0626 e. The number of benzene rings is 2. The Labute approximate surface area is 122 Å². The van der Waals surface area contributed by atoms with Gasteiger partial charge >= 0.3 is 0 Å². The van der Waals surface area contributed by atoms with Crippen LogP contribution in [-0.4, -0.2) is 0 Å². The molecular formula is C16H16BrCl. The Balaban J connectivity index is 2.44. The van der Waals surface area contributed by atoms with Crippen LogP contribution in [0.4, 0.5) is 0 Å². The van der Waals surface area contributed by atoms with Crippen molar-refractivity contribution in [2.24, 2.45) is 0 Å². The zero-order chi connectivity index (χ0) is 13.3. The Morgan fingerprint density at radius 1 is 0.944 bits per heavy atom. The van der Waals surface area contributed by atoms with Crippen LogP contribution in [0.25, 0.3) is 11.1 Å². The van der Waals surface area contributed by atoms with E-state index in [1.54, 1.807) is 0 Å². The summed E-state index contributed by atoms with van der Waals surface area (Å²) in [5, 5.41) is 0.765. The first kappa shape index (κ1) is 13.6. The fourth-order valence-electron chi connectivity index (χ4n) is 1.88. The Hall–Kier alpha value is -0.790. The SMILES string of the molecule is CC(C)(C)c1ccc(-c2cccc(Br)c2Cl)cc1. The highest BCUT2D eigenvalue weighted by atomic mass is 79.9. The minimum absolute atomic E-state index is 0.180. The molecule has 0 bridgehead atoms. The summed E-state index contributed by atoms with van der Waals surface area (Å²) >= 11 is 9.77. The van der Waals surface area contributed by atoms with Crippen molar-refractivity contribution in [3.63, 3.8) is 0 Å². The zero-order valence-corrected chi connectivity index (χ0v) is 13.1. The fraction of sp³-hybridized carbons (Fsp3) is 0.250. The Bertz CT molecular complexity index is 550. The second-order valence-electron chi connectivity index (χ2n) is 5.43. The lowest BCUT2D eigenvalue weighted by molar-refractivity contribution is 0.590. The molecular weight excluding hydrogens is 308 g/mol. The van der Waals surface area contributed by atoms with Gasteiger partial charge in [0.05, 0.1) is 5.02 Å². The number of rotatable bonds is 1. The molecule has 0 aliphatic carbocycles. The third-order valence-electron chi connectivity index (χ3n) is 3.01. The van der Waals surface area contributed by atoms with Gasteiger partial charge in [-0.25, -0.2) is 0 Å². The predicted molar refractivity (Wildman–Crippen MR) is 83.3 cm³/mol. The first-order valence-corrected chi connectivity index (χ1v) is 7.11. The highest BCUT2D eigenvalue weighted by Gasteiger charge is 2.13. The summed E-state index contributed by atoms with van der Waals surface area (Å²) in [6.45, 7) is 6.65. The lowest BCUT2D eigenvalue weighted by Crippen LogP contribution is -2.10.